The van der Waals surface area contributed by atoms with Gasteiger partial charge in [-0.1, -0.05) is 35.5 Å². The molecule has 5 heteroatoms. The monoisotopic (exact) mass is 333 g/mol. The van der Waals surface area contributed by atoms with Crippen LogP contribution >= 0.6 is 0 Å². The average molecular weight is 333 g/mol. The maximum absolute atomic E-state index is 13.1. The zero-order valence-corrected chi connectivity index (χ0v) is 13.4. The molecule has 25 heavy (non-hydrogen) atoms. The van der Waals surface area contributed by atoms with Crippen LogP contribution in [-0.4, -0.2) is 16.7 Å². The highest BCUT2D eigenvalue weighted by molar-refractivity contribution is 5.90. The van der Waals surface area contributed by atoms with E-state index in [0.717, 1.165) is 29.7 Å². The molecule has 2 aromatic heterocycles. The van der Waals surface area contributed by atoms with E-state index >= 15 is 0 Å². The van der Waals surface area contributed by atoms with Crippen molar-refractivity contribution in [3.8, 4) is 11.3 Å². The van der Waals surface area contributed by atoms with Crippen LogP contribution in [0.5, 0.6) is 0 Å². The number of aromatic nitrogens is 2. The van der Waals surface area contributed by atoms with Crippen molar-refractivity contribution >= 4 is 16.9 Å². The Labute approximate surface area is 144 Å². The van der Waals surface area contributed by atoms with Gasteiger partial charge in [-0.05, 0) is 48.4 Å². The second-order valence-electron chi connectivity index (χ2n) is 5.75. The third kappa shape index (κ3) is 3.35. The van der Waals surface area contributed by atoms with Crippen molar-refractivity contribution in [1.82, 2.24) is 10.1 Å². The highest BCUT2D eigenvalue weighted by Crippen LogP contribution is 2.27. The number of nitrogens with one attached hydrogen (secondary N) is 1. The van der Waals surface area contributed by atoms with Gasteiger partial charge in [0.1, 0.15) is 17.3 Å². The Morgan fingerprint density at radius 1 is 0.920 bits per heavy atom. The predicted octanol–water partition coefficient (Wildman–Crippen LogP) is 4.68. The van der Waals surface area contributed by atoms with Gasteiger partial charge in [0.15, 0.2) is 0 Å². The van der Waals surface area contributed by atoms with E-state index in [1.165, 1.54) is 17.7 Å². The summed E-state index contributed by atoms with van der Waals surface area (Å²) in [6.45, 7) is 0.779. The average Bonchev–Trinajstić information content (AvgIpc) is 3.06. The van der Waals surface area contributed by atoms with E-state index in [4.69, 9.17) is 4.52 Å². The van der Waals surface area contributed by atoms with Crippen molar-refractivity contribution in [2.75, 3.05) is 11.9 Å². The summed E-state index contributed by atoms with van der Waals surface area (Å²) in [7, 11) is 0. The SMILES string of the molecule is Fc1ccc(-c2noc3nc(NCCc4ccccc4)ccc23)cc1. The number of rotatable bonds is 5. The summed E-state index contributed by atoms with van der Waals surface area (Å²) < 4.78 is 18.4. The second-order valence-corrected chi connectivity index (χ2v) is 5.75. The van der Waals surface area contributed by atoms with E-state index in [0.29, 0.717) is 11.4 Å². The molecule has 0 aliphatic rings. The lowest BCUT2D eigenvalue weighted by Crippen LogP contribution is -2.05. The molecule has 0 amide bonds. The first-order valence-corrected chi connectivity index (χ1v) is 8.10. The molecule has 2 heterocycles. The maximum Gasteiger partial charge on any atom is 0.260 e. The Morgan fingerprint density at radius 2 is 1.72 bits per heavy atom. The van der Waals surface area contributed by atoms with Gasteiger partial charge in [0.25, 0.3) is 5.71 Å². The van der Waals surface area contributed by atoms with Gasteiger partial charge in [-0.3, -0.25) is 0 Å². The highest BCUT2D eigenvalue weighted by Gasteiger charge is 2.12. The van der Waals surface area contributed by atoms with Crippen LogP contribution in [0.2, 0.25) is 0 Å². The van der Waals surface area contributed by atoms with E-state index in [9.17, 15) is 4.39 Å². The molecular formula is C20H16FN3O. The molecule has 4 aromatic rings. The number of nitrogens with zero attached hydrogens (tertiary/aromatic N) is 2. The molecule has 0 unspecified atom stereocenters. The molecule has 124 valence electrons. The summed E-state index contributed by atoms with van der Waals surface area (Å²) in [5, 5.41) is 8.18. The van der Waals surface area contributed by atoms with Gasteiger partial charge in [-0.25, -0.2) is 4.39 Å². The maximum atomic E-state index is 13.1. The number of benzene rings is 2. The lowest BCUT2D eigenvalue weighted by atomic mass is 10.1. The van der Waals surface area contributed by atoms with Crippen molar-refractivity contribution < 1.29 is 8.91 Å². The van der Waals surface area contributed by atoms with Crippen LogP contribution in [0.4, 0.5) is 10.2 Å². The number of halogens is 1. The van der Waals surface area contributed by atoms with Crippen LogP contribution in [0, 0.1) is 5.82 Å². The Morgan fingerprint density at radius 3 is 2.52 bits per heavy atom. The molecule has 2 aromatic carbocycles. The van der Waals surface area contributed by atoms with E-state index in [1.54, 1.807) is 12.1 Å². The van der Waals surface area contributed by atoms with Gasteiger partial charge in [0.05, 0.1) is 5.39 Å². The molecule has 0 aliphatic heterocycles. The normalized spacial score (nSPS) is 10.9. The lowest BCUT2D eigenvalue weighted by Gasteiger charge is -2.05. The van der Waals surface area contributed by atoms with Crippen LogP contribution in [0.3, 0.4) is 0 Å². The standard InChI is InChI=1S/C20H16FN3O/c21-16-8-6-15(7-9-16)19-17-10-11-18(23-20(17)25-24-19)22-13-12-14-4-2-1-3-5-14/h1-11H,12-13H2,(H,22,23). The first-order chi connectivity index (χ1) is 12.3. The van der Waals surface area contributed by atoms with E-state index in [-0.39, 0.29) is 5.82 Å². The quantitative estimate of drug-likeness (QED) is 0.576. The van der Waals surface area contributed by atoms with Crippen LogP contribution in [0.1, 0.15) is 5.56 Å². The number of hydrogen-bond acceptors (Lipinski definition) is 4. The Balaban J connectivity index is 1.50. The van der Waals surface area contributed by atoms with Gasteiger partial charge in [-0.15, -0.1) is 0 Å². The molecule has 1 N–H and O–H groups in total. The molecule has 4 nitrogen and oxygen atoms in total. The van der Waals surface area contributed by atoms with Crippen molar-refractivity contribution in [3.05, 3.63) is 78.1 Å². The Kier molecular flexibility index (Phi) is 4.12. The summed E-state index contributed by atoms with van der Waals surface area (Å²) >= 11 is 0. The van der Waals surface area contributed by atoms with Crippen LogP contribution in [-0.2, 0) is 6.42 Å². The minimum atomic E-state index is -0.278. The number of pyridine rings is 1. The number of fused-ring (bicyclic) bond motifs is 1. The highest BCUT2D eigenvalue weighted by atomic mass is 19.1. The third-order valence-electron chi connectivity index (χ3n) is 4.02. The van der Waals surface area contributed by atoms with Gasteiger partial charge in [0.2, 0.25) is 0 Å². The zero-order chi connectivity index (χ0) is 17.1. The van der Waals surface area contributed by atoms with Gasteiger partial charge in [0, 0.05) is 12.1 Å². The van der Waals surface area contributed by atoms with E-state index in [1.807, 2.05) is 30.3 Å². The Hall–Kier alpha value is -3.21. The minimum Gasteiger partial charge on any atom is -0.370 e. The molecule has 0 saturated carbocycles. The largest absolute Gasteiger partial charge is 0.370 e. The Bertz CT molecular complexity index is 981. The van der Waals surface area contributed by atoms with Gasteiger partial charge < -0.3 is 9.84 Å². The molecule has 0 saturated heterocycles. The summed E-state index contributed by atoms with van der Waals surface area (Å²) in [5.74, 6) is 0.463. The van der Waals surface area contributed by atoms with E-state index in [2.05, 4.69) is 27.6 Å². The van der Waals surface area contributed by atoms with E-state index < -0.39 is 0 Å². The summed E-state index contributed by atoms with van der Waals surface area (Å²) in [5.41, 5.74) is 3.20. The van der Waals surface area contributed by atoms with Crippen molar-refractivity contribution in [1.29, 1.82) is 0 Å². The molecule has 0 spiro atoms. The fraction of sp³-hybridized carbons (Fsp3) is 0.100. The molecule has 0 aliphatic carbocycles. The lowest BCUT2D eigenvalue weighted by molar-refractivity contribution is 0.452. The smallest absolute Gasteiger partial charge is 0.260 e. The van der Waals surface area contributed by atoms with Crippen LogP contribution in [0.15, 0.2) is 71.3 Å². The molecule has 0 bridgehead atoms. The summed E-state index contributed by atoms with van der Waals surface area (Å²) in [4.78, 5) is 4.46. The molecule has 0 radical (unpaired) electrons. The molecule has 4 rings (SSSR count). The molecule has 0 atom stereocenters. The zero-order valence-electron chi connectivity index (χ0n) is 13.4. The number of anilines is 1. The number of hydrogen-bond donors (Lipinski definition) is 1. The molecule has 0 fully saturated rings. The summed E-state index contributed by atoms with van der Waals surface area (Å²) in [6, 6.07) is 20.3. The van der Waals surface area contributed by atoms with Crippen molar-refractivity contribution in [3.63, 3.8) is 0 Å². The minimum absolute atomic E-state index is 0.278. The first kappa shape index (κ1) is 15.3. The fourth-order valence-corrected chi connectivity index (χ4v) is 2.72. The second kappa shape index (κ2) is 6.73. The first-order valence-electron chi connectivity index (χ1n) is 8.10. The van der Waals surface area contributed by atoms with Crippen LogP contribution in [0.25, 0.3) is 22.4 Å². The van der Waals surface area contributed by atoms with Crippen molar-refractivity contribution in [2.45, 2.75) is 6.42 Å². The molecular weight excluding hydrogens is 317 g/mol. The van der Waals surface area contributed by atoms with Gasteiger partial charge >= 0.3 is 0 Å². The van der Waals surface area contributed by atoms with Gasteiger partial charge in [-0.2, -0.15) is 4.98 Å². The third-order valence-corrected chi connectivity index (χ3v) is 4.02. The topological polar surface area (TPSA) is 51.0 Å². The summed E-state index contributed by atoms with van der Waals surface area (Å²) in [6.07, 6.45) is 0.914. The van der Waals surface area contributed by atoms with Crippen LogP contribution < -0.4 is 5.32 Å². The predicted molar refractivity (Wildman–Crippen MR) is 95.8 cm³/mol. The fourth-order valence-electron chi connectivity index (χ4n) is 2.72. The van der Waals surface area contributed by atoms with Crippen molar-refractivity contribution in [2.24, 2.45) is 0 Å².